The number of alkyl halides is 1. The Morgan fingerprint density at radius 1 is 1.18 bits per heavy atom. The predicted octanol–water partition coefficient (Wildman–Crippen LogP) is 3.70. The Morgan fingerprint density at radius 2 is 1.94 bits per heavy atom. The number of aryl methyl sites for hydroxylation is 1. The molecular weight excluding hydrogens is 428 g/mol. The van der Waals surface area contributed by atoms with E-state index in [4.69, 9.17) is 0 Å². The van der Waals surface area contributed by atoms with Crippen molar-refractivity contribution in [1.29, 1.82) is 0 Å². The first kappa shape index (κ1) is 23.0. The van der Waals surface area contributed by atoms with Gasteiger partial charge in [-0.1, -0.05) is 12.1 Å². The number of rotatable bonds is 7. The lowest BCUT2D eigenvalue weighted by atomic mass is 9.79. The van der Waals surface area contributed by atoms with Gasteiger partial charge in [-0.05, 0) is 63.1 Å². The molecule has 0 spiro atoms. The van der Waals surface area contributed by atoms with E-state index < -0.39 is 12.5 Å². The summed E-state index contributed by atoms with van der Waals surface area (Å²) in [5, 5.41) is 21.4. The standard InChI is InChI=1S/C22H29F2N9/c1-21(2)11-16(12-22(3,4)30-21)26-18-17(24)13-25-20(28-18)27-15-7-5-6-14(10-15)19-29-31-32-33(19)9-8-23/h5-7,10,13,16,30H,8-9,11-12H2,1-4H3,(H2,25,26,27,28). The van der Waals surface area contributed by atoms with E-state index in [0.29, 0.717) is 17.1 Å². The maximum atomic E-state index is 14.5. The Morgan fingerprint density at radius 3 is 2.67 bits per heavy atom. The molecular formula is C22H29F2N9. The summed E-state index contributed by atoms with van der Waals surface area (Å²) in [5.41, 5.74) is 1.21. The average molecular weight is 458 g/mol. The van der Waals surface area contributed by atoms with Crippen LogP contribution in [-0.2, 0) is 6.54 Å². The lowest BCUT2D eigenvalue weighted by Crippen LogP contribution is -2.60. The van der Waals surface area contributed by atoms with Gasteiger partial charge in [0, 0.05) is 28.4 Å². The summed E-state index contributed by atoms with van der Waals surface area (Å²) in [6.07, 6.45) is 2.82. The van der Waals surface area contributed by atoms with Crippen LogP contribution >= 0.6 is 0 Å². The Balaban J connectivity index is 1.52. The van der Waals surface area contributed by atoms with Gasteiger partial charge in [0.25, 0.3) is 0 Å². The smallest absolute Gasteiger partial charge is 0.229 e. The van der Waals surface area contributed by atoms with E-state index in [9.17, 15) is 8.78 Å². The number of hydrogen-bond acceptors (Lipinski definition) is 8. The molecule has 11 heteroatoms. The van der Waals surface area contributed by atoms with Gasteiger partial charge in [-0.2, -0.15) is 4.98 Å². The van der Waals surface area contributed by atoms with Crippen molar-refractivity contribution in [2.24, 2.45) is 0 Å². The third kappa shape index (κ3) is 5.59. The van der Waals surface area contributed by atoms with Crippen molar-refractivity contribution in [2.75, 3.05) is 17.3 Å². The van der Waals surface area contributed by atoms with Crippen molar-refractivity contribution in [3.05, 3.63) is 36.3 Å². The van der Waals surface area contributed by atoms with E-state index in [-0.39, 0.29) is 35.4 Å². The maximum absolute atomic E-state index is 14.5. The Labute approximate surface area is 191 Å². The Kier molecular flexibility index (Phi) is 6.24. The zero-order valence-electron chi connectivity index (χ0n) is 19.2. The molecule has 2 aromatic heterocycles. The molecule has 3 aromatic rings. The van der Waals surface area contributed by atoms with Crippen LogP contribution in [0.15, 0.2) is 30.5 Å². The first-order chi connectivity index (χ1) is 15.6. The number of aromatic nitrogens is 6. The van der Waals surface area contributed by atoms with Crippen LogP contribution in [-0.4, -0.2) is 54.0 Å². The van der Waals surface area contributed by atoms with Crippen molar-refractivity contribution in [1.82, 2.24) is 35.5 Å². The van der Waals surface area contributed by atoms with Crippen molar-refractivity contribution >= 4 is 17.5 Å². The average Bonchev–Trinajstić information content (AvgIpc) is 3.17. The summed E-state index contributed by atoms with van der Waals surface area (Å²) >= 11 is 0. The summed E-state index contributed by atoms with van der Waals surface area (Å²) < 4.78 is 28.7. The fourth-order valence-corrected chi connectivity index (χ4v) is 4.65. The predicted molar refractivity (Wildman–Crippen MR) is 122 cm³/mol. The second-order valence-corrected chi connectivity index (χ2v) is 9.65. The van der Waals surface area contributed by atoms with Crippen molar-refractivity contribution in [2.45, 2.75) is 64.2 Å². The van der Waals surface area contributed by atoms with E-state index >= 15 is 0 Å². The largest absolute Gasteiger partial charge is 0.365 e. The Bertz CT molecular complexity index is 1100. The molecule has 4 rings (SSSR count). The first-order valence-corrected chi connectivity index (χ1v) is 10.9. The minimum atomic E-state index is -0.569. The van der Waals surface area contributed by atoms with Gasteiger partial charge in [-0.25, -0.2) is 18.4 Å². The topological polar surface area (TPSA) is 105 Å². The molecule has 33 heavy (non-hydrogen) atoms. The molecule has 1 aromatic carbocycles. The monoisotopic (exact) mass is 457 g/mol. The summed E-state index contributed by atoms with van der Waals surface area (Å²) in [4.78, 5) is 8.45. The van der Waals surface area contributed by atoms with Crippen molar-refractivity contribution < 1.29 is 8.78 Å². The van der Waals surface area contributed by atoms with E-state index in [2.05, 4.69) is 69.1 Å². The van der Waals surface area contributed by atoms with Crippen LogP contribution in [0, 0.1) is 5.82 Å². The fourth-order valence-electron chi connectivity index (χ4n) is 4.65. The summed E-state index contributed by atoms with van der Waals surface area (Å²) in [6, 6.07) is 7.33. The van der Waals surface area contributed by atoms with E-state index in [1.807, 2.05) is 18.2 Å². The van der Waals surface area contributed by atoms with Crippen LogP contribution in [0.25, 0.3) is 11.4 Å². The second kappa shape index (κ2) is 8.97. The van der Waals surface area contributed by atoms with Gasteiger partial charge in [0.1, 0.15) is 6.67 Å². The van der Waals surface area contributed by atoms with Gasteiger partial charge in [0.2, 0.25) is 5.95 Å². The number of piperidine rings is 1. The second-order valence-electron chi connectivity index (χ2n) is 9.65. The molecule has 0 amide bonds. The van der Waals surface area contributed by atoms with Gasteiger partial charge in [0.15, 0.2) is 17.5 Å². The molecule has 0 atom stereocenters. The number of halogens is 2. The number of benzene rings is 1. The van der Waals surface area contributed by atoms with E-state index in [1.165, 1.54) is 4.68 Å². The molecule has 1 saturated heterocycles. The van der Waals surface area contributed by atoms with E-state index in [0.717, 1.165) is 19.0 Å². The Hall–Kier alpha value is -3.21. The lowest BCUT2D eigenvalue weighted by Gasteiger charge is -2.46. The van der Waals surface area contributed by atoms with Gasteiger partial charge in [0.05, 0.1) is 12.7 Å². The van der Waals surface area contributed by atoms with Crippen LogP contribution < -0.4 is 16.0 Å². The number of anilines is 3. The highest BCUT2D eigenvalue weighted by atomic mass is 19.1. The molecule has 3 N–H and O–H groups in total. The normalized spacial score (nSPS) is 17.6. The zero-order chi connectivity index (χ0) is 23.6. The highest BCUT2D eigenvalue weighted by molar-refractivity contribution is 5.65. The quantitative estimate of drug-likeness (QED) is 0.493. The zero-order valence-corrected chi connectivity index (χ0v) is 19.2. The van der Waals surface area contributed by atoms with Crippen molar-refractivity contribution in [3.8, 4) is 11.4 Å². The highest BCUT2D eigenvalue weighted by Crippen LogP contribution is 2.31. The van der Waals surface area contributed by atoms with Crippen LogP contribution in [0.3, 0.4) is 0 Å². The number of hydrogen-bond donors (Lipinski definition) is 3. The third-order valence-corrected chi connectivity index (χ3v) is 5.48. The number of nitrogens with zero attached hydrogens (tertiary/aromatic N) is 6. The maximum Gasteiger partial charge on any atom is 0.229 e. The lowest BCUT2D eigenvalue weighted by molar-refractivity contribution is 0.170. The third-order valence-electron chi connectivity index (χ3n) is 5.48. The van der Waals surface area contributed by atoms with Crippen LogP contribution in [0.4, 0.5) is 26.2 Å². The highest BCUT2D eigenvalue weighted by Gasteiger charge is 2.38. The van der Waals surface area contributed by atoms with Gasteiger partial charge in [-0.3, -0.25) is 0 Å². The molecule has 0 unspecified atom stereocenters. The van der Waals surface area contributed by atoms with Crippen LogP contribution in [0.2, 0.25) is 0 Å². The molecule has 1 fully saturated rings. The number of nitrogens with one attached hydrogen (secondary N) is 3. The minimum absolute atomic E-state index is 0.0613. The van der Waals surface area contributed by atoms with Crippen LogP contribution in [0.1, 0.15) is 40.5 Å². The molecule has 1 aliphatic heterocycles. The first-order valence-electron chi connectivity index (χ1n) is 10.9. The van der Waals surface area contributed by atoms with Crippen LogP contribution in [0.5, 0.6) is 0 Å². The SMILES string of the molecule is CC1(C)CC(Nc2nc(Nc3cccc(-c4nnnn4CCF)c3)ncc2F)CC(C)(C)N1. The molecule has 0 bridgehead atoms. The fraction of sp³-hybridized carbons (Fsp3) is 0.500. The molecule has 9 nitrogen and oxygen atoms in total. The molecule has 1 aliphatic rings. The summed E-state index contributed by atoms with van der Waals surface area (Å²) in [7, 11) is 0. The van der Waals surface area contributed by atoms with Crippen molar-refractivity contribution in [3.63, 3.8) is 0 Å². The molecule has 176 valence electrons. The van der Waals surface area contributed by atoms with Gasteiger partial charge >= 0.3 is 0 Å². The molecule has 0 saturated carbocycles. The molecule has 0 radical (unpaired) electrons. The minimum Gasteiger partial charge on any atom is -0.365 e. The summed E-state index contributed by atoms with van der Waals surface area (Å²) in [6.45, 7) is 8.07. The van der Waals surface area contributed by atoms with Gasteiger partial charge < -0.3 is 16.0 Å². The van der Waals surface area contributed by atoms with Gasteiger partial charge in [-0.15, -0.1) is 5.10 Å². The summed E-state index contributed by atoms with van der Waals surface area (Å²) in [5.74, 6) is 0.365. The molecule has 0 aliphatic carbocycles. The molecule has 3 heterocycles. The van der Waals surface area contributed by atoms with E-state index in [1.54, 1.807) is 6.07 Å². The number of tetrazole rings is 1.